The lowest BCUT2D eigenvalue weighted by atomic mass is 10.2. The molecule has 2 unspecified atom stereocenters. The van der Waals surface area contributed by atoms with Crippen LogP contribution in [0.25, 0.3) is 11.0 Å². The quantitative estimate of drug-likeness (QED) is 0.658. The second kappa shape index (κ2) is 6.62. The molecule has 3 aromatic rings. The number of benzene rings is 1. The number of carboxylic acid groups (broad SMARTS) is 1. The van der Waals surface area contributed by atoms with Crippen LogP contribution in [0.4, 0.5) is 0 Å². The number of aliphatic hydroxyl groups is 1. The fourth-order valence-electron chi connectivity index (χ4n) is 1.81. The van der Waals surface area contributed by atoms with Crippen molar-refractivity contribution < 1.29 is 15.0 Å². The van der Waals surface area contributed by atoms with Gasteiger partial charge in [-0.05, 0) is 19.1 Å². The molecular formula is C13H15N5O3. The molecule has 2 atom stereocenters. The lowest BCUT2D eigenvalue weighted by Gasteiger charge is -2.15. The largest absolute Gasteiger partial charge is 0.480 e. The first-order valence-electron chi connectivity index (χ1n) is 6.23. The van der Waals surface area contributed by atoms with Gasteiger partial charge in [0.25, 0.3) is 0 Å². The summed E-state index contributed by atoms with van der Waals surface area (Å²) in [7, 11) is 0. The number of aliphatic hydroxyl groups excluding tert-OH is 1. The summed E-state index contributed by atoms with van der Waals surface area (Å²) in [6, 6.07) is 6.79. The van der Waals surface area contributed by atoms with Gasteiger partial charge in [-0.1, -0.05) is 17.3 Å². The van der Waals surface area contributed by atoms with Gasteiger partial charge in [-0.3, -0.25) is 5.10 Å². The Labute approximate surface area is 120 Å². The zero-order chi connectivity index (χ0) is 15.2. The summed E-state index contributed by atoms with van der Waals surface area (Å²) in [6.45, 7) is 1.43. The Bertz CT molecular complexity index is 662. The van der Waals surface area contributed by atoms with Gasteiger partial charge in [0.05, 0.1) is 17.9 Å². The molecule has 3 rings (SSSR count). The van der Waals surface area contributed by atoms with Crippen molar-refractivity contribution in [1.29, 1.82) is 0 Å². The van der Waals surface area contributed by atoms with E-state index >= 15 is 0 Å². The van der Waals surface area contributed by atoms with Crippen molar-refractivity contribution in [1.82, 2.24) is 25.0 Å². The molecule has 8 heteroatoms. The number of H-pyrrole nitrogens is 1. The van der Waals surface area contributed by atoms with E-state index in [4.69, 9.17) is 10.2 Å². The maximum atomic E-state index is 10.6. The van der Waals surface area contributed by atoms with Gasteiger partial charge in [0.1, 0.15) is 5.52 Å². The number of nitrogens with zero attached hydrogens (tertiary/aromatic N) is 4. The summed E-state index contributed by atoms with van der Waals surface area (Å²) in [4.78, 5) is 14.3. The number of rotatable bonds is 3. The fourth-order valence-corrected chi connectivity index (χ4v) is 1.81. The normalized spacial score (nSPS) is 13.2. The van der Waals surface area contributed by atoms with E-state index in [1.54, 1.807) is 0 Å². The second-order valence-corrected chi connectivity index (χ2v) is 4.36. The predicted octanol–water partition coefficient (Wildman–Crippen LogP) is 0.847. The smallest absolute Gasteiger partial charge is 0.329 e. The Morgan fingerprint density at radius 2 is 2.14 bits per heavy atom. The second-order valence-electron chi connectivity index (χ2n) is 4.36. The van der Waals surface area contributed by atoms with Crippen molar-refractivity contribution >= 4 is 17.0 Å². The molecule has 0 radical (unpaired) electrons. The molecule has 0 amide bonds. The molecule has 0 spiro atoms. The molecule has 3 N–H and O–H groups in total. The van der Waals surface area contributed by atoms with Crippen molar-refractivity contribution in [2.24, 2.45) is 0 Å². The Morgan fingerprint density at radius 3 is 2.71 bits per heavy atom. The van der Waals surface area contributed by atoms with E-state index in [0.717, 1.165) is 11.0 Å². The molecule has 2 aromatic heterocycles. The lowest BCUT2D eigenvalue weighted by molar-refractivity contribution is -0.144. The van der Waals surface area contributed by atoms with Crippen molar-refractivity contribution in [3.05, 3.63) is 43.0 Å². The highest BCUT2D eigenvalue weighted by atomic mass is 16.4. The van der Waals surface area contributed by atoms with E-state index < -0.39 is 18.1 Å². The van der Waals surface area contributed by atoms with Crippen LogP contribution in [-0.4, -0.2) is 47.2 Å². The molecule has 21 heavy (non-hydrogen) atoms. The number of carboxylic acids is 1. The summed E-state index contributed by atoms with van der Waals surface area (Å²) < 4.78 is 1.35. The lowest BCUT2D eigenvalue weighted by Crippen LogP contribution is -2.28. The molecule has 0 aliphatic rings. The van der Waals surface area contributed by atoms with Crippen LogP contribution in [0.2, 0.25) is 0 Å². The third kappa shape index (κ3) is 3.63. The van der Waals surface area contributed by atoms with Gasteiger partial charge >= 0.3 is 5.97 Å². The highest BCUT2D eigenvalue weighted by molar-refractivity contribution is 5.73. The Balaban J connectivity index is 0.000000159. The van der Waals surface area contributed by atoms with Crippen molar-refractivity contribution in [2.45, 2.75) is 19.1 Å². The molecular weight excluding hydrogens is 274 g/mol. The zero-order valence-corrected chi connectivity index (χ0v) is 11.3. The van der Waals surface area contributed by atoms with Crippen LogP contribution >= 0.6 is 0 Å². The van der Waals surface area contributed by atoms with E-state index in [1.165, 1.54) is 30.2 Å². The maximum absolute atomic E-state index is 10.6. The van der Waals surface area contributed by atoms with E-state index in [1.807, 2.05) is 24.3 Å². The van der Waals surface area contributed by atoms with Gasteiger partial charge in [0.15, 0.2) is 6.04 Å². The molecule has 0 aliphatic carbocycles. The summed E-state index contributed by atoms with van der Waals surface area (Å²) in [5.74, 6) is -1.07. The SMILES string of the molecule is CC(O)C(C(=O)O)n1ccnc1.c1ccc2[nH]nnc2c1. The molecule has 0 saturated heterocycles. The van der Waals surface area contributed by atoms with Crippen molar-refractivity contribution in [3.63, 3.8) is 0 Å². The van der Waals surface area contributed by atoms with Crippen LogP contribution in [-0.2, 0) is 4.79 Å². The first-order chi connectivity index (χ1) is 10.1. The summed E-state index contributed by atoms with van der Waals surface area (Å²) in [6.07, 6.45) is 3.41. The van der Waals surface area contributed by atoms with Crippen molar-refractivity contribution in [2.75, 3.05) is 0 Å². The fraction of sp³-hybridized carbons (Fsp3) is 0.231. The first-order valence-corrected chi connectivity index (χ1v) is 6.23. The van der Waals surface area contributed by atoms with Gasteiger partial charge in [0.2, 0.25) is 0 Å². The summed E-state index contributed by atoms with van der Waals surface area (Å²) >= 11 is 0. The minimum atomic E-state index is -1.07. The van der Waals surface area contributed by atoms with E-state index in [0.29, 0.717) is 0 Å². The molecule has 1 aromatic carbocycles. The van der Waals surface area contributed by atoms with Crippen LogP contribution in [0.1, 0.15) is 13.0 Å². The zero-order valence-electron chi connectivity index (χ0n) is 11.3. The molecule has 110 valence electrons. The van der Waals surface area contributed by atoms with Gasteiger partial charge in [0, 0.05) is 12.4 Å². The Hall–Kier alpha value is -2.74. The minimum Gasteiger partial charge on any atom is -0.480 e. The van der Waals surface area contributed by atoms with Crippen LogP contribution in [0, 0.1) is 0 Å². The van der Waals surface area contributed by atoms with E-state index in [-0.39, 0.29) is 0 Å². The molecule has 8 nitrogen and oxygen atoms in total. The van der Waals surface area contributed by atoms with Gasteiger partial charge < -0.3 is 14.8 Å². The molecule has 0 fully saturated rings. The van der Waals surface area contributed by atoms with Gasteiger partial charge in [-0.15, -0.1) is 5.10 Å². The molecule has 2 heterocycles. The summed E-state index contributed by atoms with van der Waals surface area (Å²) in [5.41, 5.74) is 1.90. The molecule has 0 saturated carbocycles. The number of aliphatic carboxylic acids is 1. The van der Waals surface area contributed by atoms with Crippen LogP contribution in [0.5, 0.6) is 0 Å². The topological polar surface area (TPSA) is 117 Å². The number of aromatic nitrogens is 5. The Morgan fingerprint density at radius 1 is 1.38 bits per heavy atom. The average Bonchev–Trinajstić information content (AvgIpc) is 3.09. The van der Waals surface area contributed by atoms with Gasteiger partial charge in [-0.25, -0.2) is 9.78 Å². The molecule has 0 aliphatic heterocycles. The van der Waals surface area contributed by atoms with Crippen molar-refractivity contribution in [3.8, 4) is 0 Å². The highest BCUT2D eigenvalue weighted by Gasteiger charge is 2.23. The molecule has 0 bridgehead atoms. The minimum absolute atomic E-state index is 0.914. The van der Waals surface area contributed by atoms with E-state index in [2.05, 4.69) is 20.4 Å². The average molecular weight is 289 g/mol. The third-order valence-electron chi connectivity index (χ3n) is 2.79. The van der Waals surface area contributed by atoms with Crippen LogP contribution in [0.3, 0.4) is 0 Å². The predicted molar refractivity (Wildman–Crippen MR) is 74.5 cm³/mol. The number of hydrogen-bond donors (Lipinski definition) is 3. The number of fused-ring (bicyclic) bond motifs is 1. The first kappa shape index (κ1) is 14.7. The standard InChI is InChI=1S/C7H10N2O3.C6H5N3/c1-5(10)6(7(11)12)9-3-2-8-4-9;1-2-4-6-5(3-1)7-9-8-6/h2-6,10H,1H3,(H,11,12);1-4H,(H,7,8,9). The number of para-hydroxylation sites is 1. The number of imidazole rings is 1. The Kier molecular flexibility index (Phi) is 4.62. The van der Waals surface area contributed by atoms with Crippen LogP contribution in [0.15, 0.2) is 43.0 Å². The van der Waals surface area contributed by atoms with Crippen LogP contribution < -0.4 is 0 Å². The van der Waals surface area contributed by atoms with Gasteiger partial charge in [-0.2, -0.15) is 0 Å². The monoisotopic (exact) mass is 289 g/mol. The van der Waals surface area contributed by atoms with E-state index in [9.17, 15) is 4.79 Å². The number of nitrogens with one attached hydrogen (secondary N) is 1. The number of aromatic amines is 1. The number of carbonyl (C=O) groups is 1. The third-order valence-corrected chi connectivity index (χ3v) is 2.79. The summed E-state index contributed by atoms with van der Waals surface area (Å²) in [5, 5.41) is 28.0. The number of hydrogen-bond acceptors (Lipinski definition) is 5. The highest BCUT2D eigenvalue weighted by Crippen LogP contribution is 2.10. The maximum Gasteiger partial charge on any atom is 0.329 e.